The summed E-state index contributed by atoms with van der Waals surface area (Å²) in [5, 5.41) is 2.93. The first-order valence-electron chi connectivity index (χ1n) is 4.97. The van der Waals surface area contributed by atoms with Gasteiger partial charge in [0.05, 0.1) is 25.2 Å². The van der Waals surface area contributed by atoms with Crippen LogP contribution in [0.1, 0.15) is 0 Å². The van der Waals surface area contributed by atoms with Crippen LogP contribution in [0.3, 0.4) is 0 Å². The van der Waals surface area contributed by atoms with Crippen LogP contribution in [0.15, 0.2) is 36.7 Å². The monoisotopic (exact) mass is 215 g/mol. The molecule has 2 rings (SSSR count). The Hall–Kier alpha value is -2.10. The summed E-state index contributed by atoms with van der Waals surface area (Å²) in [6.07, 6.45) is 3.45. The van der Waals surface area contributed by atoms with Gasteiger partial charge in [0.25, 0.3) is 0 Å². The number of hydrogen-bond donors (Lipinski definition) is 1. The fraction of sp³-hybridized carbons (Fsp3) is 0.167. The lowest BCUT2D eigenvalue weighted by molar-refractivity contribution is 0.415. The van der Waals surface area contributed by atoms with E-state index in [0.717, 1.165) is 22.8 Å². The molecule has 4 heteroatoms. The maximum atomic E-state index is 5.10. The maximum absolute atomic E-state index is 5.10. The third kappa shape index (κ3) is 2.11. The van der Waals surface area contributed by atoms with E-state index in [-0.39, 0.29) is 0 Å². The Bertz CT molecular complexity index is 405. The molecule has 2 aromatic rings. The molecule has 0 amide bonds. The first-order valence-corrected chi connectivity index (χ1v) is 4.97. The van der Waals surface area contributed by atoms with Crippen LogP contribution < -0.4 is 10.1 Å². The van der Waals surface area contributed by atoms with Crippen LogP contribution in [0.25, 0.3) is 11.3 Å². The summed E-state index contributed by atoms with van der Waals surface area (Å²) >= 11 is 0. The van der Waals surface area contributed by atoms with Gasteiger partial charge < -0.3 is 10.1 Å². The summed E-state index contributed by atoms with van der Waals surface area (Å²) in [6, 6.07) is 7.73. The van der Waals surface area contributed by atoms with Crippen LogP contribution in [0.4, 0.5) is 5.82 Å². The molecule has 0 saturated carbocycles. The summed E-state index contributed by atoms with van der Waals surface area (Å²) in [7, 11) is 3.47. The minimum absolute atomic E-state index is 0.761. The van der Waals surface area contributed by atoms with E-state index in [2.05, 4.69) is 15.3 Å². The van der Waals surface area contributed by atoms with Crippen molar-refractivity contribution in [3.05, 3.63) is 36.7 Å². The molecule has 1 aromatic carbocycles. The van der Waals surface area contributed by atoms with Gasteiger partial charge in [-0.05, 0) is 24.3 Å². The Morgan fingerprint density at radius 1 is 1.06 bits per heavy atom. The van der Waals surface area contributed by atoms with Gasteiger partial charge in [-0.1, -0.05) is 0 Å². The highest BCUT2D eigenvalue weighted by atomic mass is 16.5. The number of benzene rings is 1. The van der Waals surface area contributed by atoms with E-state index in [1.165, 1.54) is 0 Å². The van der Waals surface area contributed by atoms with Crippen molar-refractivity contribution in [3.8, 4) is 17.0 Å². The molecule has 0 aliphatic heterocycles. The van der Waals surface area contributed by atoms with Gasteiger partial charge in [-0.2, -0.15) is 0 Å². The zero-order chi connectivity index (χ0) is 11.4. The second kappa shape index (κ2) is 4.61. The Morgan fingerprint density at radius 2 is 1.81 bits per heavy atom. The lowest BCUT2D eigenvalue weighted by Gasteiger charge is -2.03. The Labute approximate surface area is 94.3 Å². The predicted octanol–water partition coefficient (Wildman–Crippen LogP) is 2.19. The second-order valence-corrected chi connectivity index (χ2v) is 3.27. The molecule has 0 spiro atoms. The standard InChI is InChI=1S/C12H13N3O/c1-13-12-8-14-11(7-15-12)9-3-5-10(16-2)6-4-9/h3-8H,1-2H3,(H,13,15). The van der Waals surface area contributed by atoms with E-state index >= 15 is 0 Å². The van der Waals surface area contributed by atoms with E-state index in [1.807, 2.05) is 31.3 Å². The van der Waals surface area contributed by atoms with Crippen molar-refractivity contribution in [1.82, 2.24) is 9.97 Å². The zero-order valence-electron chi connectivity index (χ0n) is 9.27. The van der Waals surface area contributed by atoms with Gasteiger partial charge in [0.1, 0.15) is 11.6 Å². The highest BCUT2D eigenvalue weighted by Crippen LogP contribution is 2.20. The normalized spacial score (nSPS) is 9.88. The van der Waals surface area contributed by atoms with Crippen molar-refractivity contribution in [2.75, 3.05) is 19.5 Å². The van der Waals surface area contributed by atoms with Gasteiger partial charge in [0.15, 0.2) is 0 Å². The van der Waals surface area contributed by atoms with Gasteiger partial charge in [0.2, 0.25) is 0 Å². The Kier molecular flexibility index (Phi) is 3.00. The van der Waals surface area contributed by atoms with Crippen LogP contribution in [0, 0.1) is 0 Å². The molecule has 0 radical (unpaired) electrons. The largest absolute Gasteiger partial charge is 0.497 e. The van der Waals surface area contributed by atoms with Crippen molar-refractivity contribution in [2.45, 2.75) is 0 Å². The first-order chi connectivity index (χ1) is 7.83. The number of hydrogen-bond acceptors (Lipinski definition) is 4. The third-order valence-corrected chi connectivity index (χ3v) is 2.29. The minimum atomic E-state index is 0.761. The average molecular weight is 215 g/mol. The summed E-state index contributed by atoms with van der Waals surface area (Å²) in [5.41, 5.74) is 1.87. The molecule has 0 aliphatic carbocycles. The van der Waals surface area contributed by atoms with E-state index in [4.69, 9.17) is 4.74 Å². The van der Waals surface area contributed by atoms with Gasteiger partial charge in [-0.25, -0.2) is 4.98 Å². The molecule has 1 heterocycles. The third-order valence-electron chi connectivity index (χ3n) is 2.29. The molecule has 4 nitrogen and oxygen atoms in total. The van der Waals surface area contributed by atoms with E-state index < -0.39 is 0 Å². The van der Waals surface area contributed by atoms with E-state index in [9.17, 15) is 0 Å². The first kappa shape index (κ1) is 10.4. The van der Waals surface area contributed by atoms with Gasteiger partial charge in [0, 0.05) is 12.6 Å². The molecule has 0 bridgehead atoms. The molecule has 0 fully saturated rings. The van der Waals surface area contributed by atoms with Gasteiger partial charge >= 0.3 is 0 Å². The Morgan fingerprint density at radius 3 is 2.31 bits per heavy atom. The average Bonchev–Trinajstić information content (AvgIpc) is 2.39. The number of nitrogens with one attached hydrogen (secondary N) is 1. The van der Waals surface area contributed by atoms with Gasteiger partial charge in [-0.3, -0.25) is 4.98 Å². The second-order valence-electron chi connectivity index (χ2n) is 3.27. The van der Waals surface area contributed by atoms with E-state index in [0.29, 0.717) is 0 Å². The zero-order valence-corrected chi connectivity index (χ0v) is 9.27. The van der Waals surface area contributed by atoms with Crippen LogP contribution in [-0.4, -0.2) is 24.1 Å². The van der Waals surface area contributed by atoms with Crippen molar-refractivity contribution in [2.24, 2.45) is 0 Å². The fourth-order valence-electron chi connectivity index (χ4n) is 1.37. The van der Waals surface area contributed by atoms with Crippen molar-refractivity contribution < 1.29 is 4.74 Å². The predicted molar refractivity (Wildman–Crippen MR) is 63.6 cm³/mol. The minimum Gasteiger partial charge on any atom is -0.497 e. The number of ether oxygens (including phenoxy) is 1. The summed E-state index contributed by atoms with van der Waals surface area (Å²) in [5.74, 6) is 1.60. The molecule has 0 unspecified atom stereocenters. The number of aromatic nitrogens is 2. The molecule has 16 heavy (non-hydrogen) atoms. The van der Waals surface area contributed by atoms with Gasteiger partial charge in [-0.15, -0.1) is 0 Å². The molecule has 0 saturated heterocycles. The molecule has 1 aromatic heterocycles. The summed E-state index contributed by atoms with van der Waals surface area (Å²) < 4.78 is 5.10. The maximum Gasteiger partial charge on any atom is 0.144 e. The topological polar surface area (TPSA) is 47.0 Å². The van der Waals surface area contributed by atoms with Crippen LogP contribution in [0.5, 0.6) is 5.75 Å². The van der Waals surface area contributed by atoms with Crippen LogP contribution in [-0.2, 0) is 0 Å². The highest BCUT2D eigenvalue weighted by Gasteiger charge is 2.00. The molecular formula is C12H13N3O. The van der Waals surface area contributed by atoms with Crippen LogP contribution in [0.2, 0.25) is 0 Å². The van der Waals surface area contributed by atoms with Crippen LogP contribution >= 0.6 is 0 Å². The lowest BCUT2D eigenvalue weighted by Crippen LogP contribution is -1.94. The lowest BCUT2D eigenvalue weighted by atomic mass is 10.1. The van der Waals surface area contributed by atoms with Crippen molar-refractivity contribution in [3.63, 3.8) is 0 Å². The number of methoxy groups -OCH3 is 1. The quantitative estimate of drug-likeness (QED) is 0.852. The number of nitrogens with zero attached hydrogens (tertiary/aromatic N) is 2. The molecule has 82 valence electrons. The smallest absolute Gasteiger partial charge is 0.144 e. The van der Waals surface area contributed by atoms with Crippen molar-refractivity contribution in [1.29, 1.82) is 0 Å². The SMILES string of the molecule is CNc1cnc(-c2ccc(OC)cc2)cn1. The van der Waals surface area contributed by atoms with Crippen molar-refractivity contribution >= 4 is 5.82 Å². The Balaban J connectivity index is 2.28. The van der Waals surface area contributed by atoms with E-state index in [1.54, 1.807) is 19.5 Å². The summed E-state index contributed by atoms with van der Waals surface area (Å²) in [6.45, 7) is 0. The number of anilines is 1. The molecule has 0 atom stereocenters. The molecule has 0 aliphatic rings. The summed E-state index contributed by atoms with van der Waals surface area (Å²) in [4.78, 5) is 8.52. The fourth-order valence-corrected chi connectivity index (χ4v) is 1.37. The highest BCUT2D eigenvalue weighted by molar-refractivity contribution is 5.59. The number of rotatable bonds is 3. The molecular weight excluding hydrogens is 202 g/mol. The molecule has 1 N–H and O–H groups in total.